The molecule has 190 valence electrons. The average Bonchev–Trinajstić information content (AvgIpc) is 2.86. The summed E-state index contributed by atoms with van der Waals surface area (Å²) in [5, 5.41) is 16.7. The van der Waals surface area contributed by atoms with Crippen molar-refractivity contribution in [2.45, 2.75) is 32.4 Å². The lowest BCUT2D eigenvalue weighted by molar-refractivity contribution is -0.137. The molecule has 1 unspecified atom stereocenters. The number of nitrogens with zero attached hydrogens (tertiary/aromatic N) is 2. The van der Waals surface area contributed by atoms with Gasteiger partial charge in [0.05, 0.1) is 6.07 Å². The van der Waals surface area contributed by atoms with Gasteiger partial charge < -0.3 is 20.3 Å². The number of fused-ring (bicyclic) bond motifs is 1. The van der Waals surface area contributed by atoms with Gasteiger partial charge in [-0.25, -0.2) is 4.79 Å². The maximum atomic E-state index is 13.6. The molecular formula is C29H30N4O4. The maximum absolute atomic E-state index is 13.6. The van der Waals surface area contributed by atoms with Gasteiger partial charge in [-0.1, -0.05) is 61.2 Å². The molecule has 0 saturated carbocycles. The first-order chi connectivity index (χ1) is 17.6. The quantitative estimate of drug-likeness (QED) is 0.423. The van der Waals surface area contributed by atoms with E-state index in [0.717, 1.165) is 21.2 Å². The molecule has 0 aromatic heterocycles. The van der Waals surface area contributed by atoms with Gasteiger partial charge in [0.1, 0.15) is 24.7 Å². The summed E-state index contributed by atoms with van der Waals surface area (Å²) in [6.07, 6.45) is 0.853. The smallest absolute Gasteiger partial charge is 0.408 e. The number of carbonyl (C=O) groups excluding carboxylic acids is 3. The number of hydrogen-bond donors (Lipinski definition) is 2. The van der Waals surface area contributed by atoms with Crippen molar-refractivity contribution in [2.75, 3.05) is 18.4 Å². The van der Waals surface area contributed by atoms with Crippen LogP contribution in [0.3, 0.4) is 0 Å². The van der Waals surface area contributed by atoms with E-state index in [1.54, 1.807) is 51.1 Å². The summed E-state index contributed by atoms with van der Waals surface area (Å²) >= 11 is 0. The van der Waals surface area contributed by atoms with Crippen LogP contribution in [-0.2, 0) is 14.3 Å². The first kappa shape index (κ1) is 27.0. The van der Waals surface area contributed by atoms with Crippen LogP contribution in [0.4, 0.5) is 10.5 Å². The van der Waals surface area contributed by atoms with Crippen molar-refractivity contribution in [3.8, 4) is 6.07 Å². The summed E-state index contributed by atoms with van der Waals surface area (Å²) in [6, 6.07) is 21.1. The standard InChI is InChI=1S/C29H30N4O4/c1-5-20-9-8-12-23(17-20)26(27(35)32-24-14-13-21-10-6-7-11-22(21)18-24)33(16-15-30)25(34)19-31-28(36)37-29(2,3)4/h5-14,17-18,26H,1,16,19H2,2-4H3,(H,31,36)(H,32,35). The fourth-order valence-corrected chi connectivity index (χ4v) is 3.77. The Hall–Kier alpha value is -4.64. The monoisotopic (exact) mass is 498 g/mol. The van der Waals surface area contributed by atoms with Gasteiger partial charge in [0.25, 0.3) is 5.91 Å². The van der Waals surface area contributed by atoms with Crippen LogP contribution >= 0.6 is 0 Å². The highest BCUT2D eigenvalue weighted by molar-refractivity contribution is 6.00. The summed E-state index contributed by atoms with van der Waals surface area (Å²) in [5.41, 5.74) is 1.05. The molecule has 0 aliphatic carbocycles. The van der Waals surface area contributed by atoms with Gasteiger partial charge in [-0.3, -0.25) is 9.59 Å². The number of rotatable bonds is 8. The van der Waals surface area contributed by atoms with Crippen LogP contribution in [0.1, 0.15) is 37.9 Å². The summed E-state index contributed by atoms with van der Waals surface area (Å²) in [5.74, 6) is -1.12. The fourth-order valence-electron chi connectivity index (χ4n) is 3.77. The van der Waals surface area contributed by atoms with E-state index >= 15 is 0 Å². The Morgan fingerprint density at radius 1 is 1.05 bits per heavy atom. The number of anilines is 1. The molecule has 8 heteroatoms. The zero-order chi connectivity index (χ0) is 27.0. The molecule has 0 saturated heterocycles. The van der Waals surface area contributed by atoms with Crippen LogP contribution in [0, 0.1) is 11.3 Å². The zero-order valence-electron chi connectivity index (χ0n) is 21.2. The molecule has 3 aromatic carbocycles. The minimum absolute atomic E-state index is 0.372. The highest BCUT2D eigenvalue weighted by Gasteiger charge is 2.32. The maximum Gasteiger partial charge on any atom is 0.408 e. The van der Waals surface area contributed by atoms with Gasteiger partial charge in [-0.15, -0.1) is 0 Å². The Morgan fingerprint density at radius 3 is 2.46 bits per heavy atom. The SMILES string of the molecule is C=Cc1cccc(C(C(=O)Nc2ccc3ccccc3c2)N(CC#N)C(=O)CNC(=O)OC(C)(C)C)c1. The van der Waals surface area contributed by atoms with Crippen molar-refractivity contribution in [2.24, 2.45) is 0 Å². The second kappa shape index (κ2) is 11.9. The third-order valence-corrected chi connectivity index (χ3v) is 5.38. The van der Waals surface area contributed by atoms with E-state index in [-0.39, 0.29) is 6.54 Å². The highest BCUT2D eigenvalue weighted by atomic mass is 16.6. The van der Waals surface area contributed by atoms with E-state index in [1.165, 1.54) is 0 Å². The number of carbonyl (C=O) groups is 3. The number of amides is 3. The second-order valence-electron chi connectivity index (χ2n) is 9.36. The molecule has 0 aliphatic rings. The van der Waals surface area contributed by atoms with E-state index in [0.29, 0.717) is 11.3 Å². The van der Waals surface area contributed by atoms with E-state index in [2.05, 4.69) is 17.2 Å². The molecule has 1 atom stereocenters. The van der Waals surface area contributed by atoms with Gasteiger partial charge in [-0.2, -0.15) is 5.26 Å². The van der Waals surface area contributed by atoms with Gasteiger partial charge in [0, 0.05) is 5.69 Å². The Balaban J connectivity index is 1.92. The van der Waals surface area contributed by atoms with Gasteiger partial charge in [0.2, 0.25) is 5.91 Å². The van der Waals surface area contributed by atoms with E-state index < -0.39 is 36.1 Å². The molecule has 0 aliphatic heterocycles. The van der Waals surface area contributed by atoms with Crippen molar-refractivity contribution in [3.05, 3.63) is 84.4 Å². The molecule has 3 rings (SSSR count). The second-order valence-corrected chi connectivity index (χ2v) is 9.36. The number of ether oxygens (including phenoxy) is 1. The molecule has 0 bridgehead atoms. The Morgan fingerprint density at radius 2 is 1.78 bits per heavy atom. The molecule has 0 spiro atoms. The van der Waals surface area contributed by atoms with Gasteiger partial charge >= 0.3 is 6.09 Å². The third kappa shape index (κ3) is 7.42. The molecule has 37 heavy (non-hydrogen) atoms. The van der Waals surface area contributed by atoms with Crippen LogP contribution in [0.5, 0.6) is 0 Å². The van der Waals surface area contributed by atoms with Crippen LogP contribution in [0.15, 0.2) is 73.3 Å². The zero-order valence-corrected chi connectivity index (χ0v) is 21.2. The van der Waals surface area contributed by atoms with Gasteiger partial charge in [-0.05, 0) is 60.9 Å². The molecule has 3 aromatic rings. The average molecular weight is 499 g/mol. The Bertz CT molecular complexity index is 1350. The van der Waals surface area contributed by atoms with E-state index in [1.807, 2.05) is 48.5 Å². The first-order valence-electron chi connectivity index (χ1n) is 11.8. The molecule has 8 nitrogen and oxygen atoms in total. The van der Waals surface area contributed by atoms with Gasteiger partial charge in [0.15, 0.2) is 0 Å². The lowest BCUT2D eigenvalue weighted by atomic mass is 10.0. The van der Waals surface area contributed by atoms with Crippen molar-refractivity contribution in [3.63, 3.8) is 0 Å². The van der Waals surface area contributed by atoms with E-state index in [9.17, 15) is 19.6 Å². The third-order valence-electron chi connectivity index (χ3n) is 5.38. The van der Waals surface area contributed by atoms with Crippen LogP contribution < -0.4 is 10.6 Å². The van der Waals surface area contributed by atoms with Crippen LogP contribution in [0.2, 0.25) is 0 Å². The number of nitrogens with one attached hydrogen (secondary N) is 2. The lowest BCUT2D eigenvalue weighted by Crippen LogP contribution is -2.46. The predicted octanol–water partition coefficient (Wildman–Crippen LogP) is 5.04. The van der Waals surface area contributed by atoms with Crippen molar-refractivity contribution < 1.29 is 19.1 Å². The van der Waals surface area contributed by atoms with Crippen LogP contribution in [-0.4, -0.2) is 41.5 Å². The predicted molar refractivity (Wildman–Crippen MR) is 143 cm³/mol. The minimum Gasteiger partial charge on any atom is -0.444 e. The molecule has 0 heterocycles. The Kier molecular flexibility index (Phi) is 8.64. The number of benzene rings is 3. The van der Waals surface area contributed by atoms with Crippen molar-refractivity contribution in [1.29, 1.82) is 5.26 Å². The number of hydrogen-bond acceptors (Lipinski definition) is 5. The summed E-state index contributed by atoms with van der Waals surface area (Å²) in [7, 11) is 0. The molecular weight excluding hydrogens is 468 g/mol. The van der Waals surface area contributed by atoms with Crippen LogP contribution in [0.25, 0.3) is 16.8 Å². The summed E-state index contributed by atoms with van der Waals surface area (Å²) in [6.45, 7) is 8.07. The number of alkyl carbamates (subject to hydrolysis) is 1. The van der Waals surface area contributed by atoms with Crippen molar-refractivity contribution in [1.82, 2.24) is 10.2 Å². The fraction of sp³-hybridized carbons (Fsp3) is 0.241. The normalized spacial score (nSPS) is 11.6. The van der Waals surface area contributed by atoms with Crippen molar-refractivity contribution >= 4 is 40.4 Å². The summed E-state index contributed by atoms with van der Waals surface area (Å²) in [4.78, 5) is 40.1. The first-order valence-corrected chi connectivity index (χ1v) is 11.8. The molecule has 3 amide bonds. The molecule has 0 fully saturated rings. The Labute approximate surface area is 216 Å². The largest absolute Gasteiger partial charge is 0.444 e. The molecule has 2 N–H and O–H groups in total. The van der Waals surface area contributed by atoms with E-state index in [4.69, 9.17) is 4.74 Å². The summed E-state index contributed by atoms with van der Waals surface area (Å²) < 4.78 is 5.19. The highest BCUT2D eigenvalue weighted by Crippen LogP contribution is 2.26. The lowest BCUT2D eigenvalue weighted by Gasteiger charge is -2.30. The topological polar surface area (TPSA) is 112 Å². The number of nitriles is 1. The molecule has 0 radical (unpaired) electrons. The minimum atomic E-state index is -1.14.